The summed E-state index contributed by atoms with van der Waals surface area (Å²) in [7, 11) is 0. The third kappa shape index (κ3) is 2.30. The molecule has 1 aliphatic heterocycles. The molecule has 2 atom stereocenters. The van der Waals surface area contributed by atoms with Crippen molar-refractivity contribution < 1.29 is 9.90 Å². The molecule has 0 aromatic heterocycles. The Morgan fingerprint density at radius 3 is 2.53 bits per heavy atom. The predicted octanol–water partition coefficient (Wildman–Crippen LogP) is 1.55. The van der Waals surface area contributed by atoms with Crippen molar-refractivity contribution in [1.82, 2.24) is 4.90 Å². The summed E-state index contributed by atoms with van der Waals surface area (Å²) in [4.78, 5) is 14.2. The number of nitrogens with zero attached hydrogens (tertiary/aromatic N) is 2. The van der Waals surface area contributed by atoms with Crippen LogP contribution >= 0.6 is 0 Å². The van der Waals surface area contributed by atoms with Crippen molar-refractivity contribution in [2.45, 2.75) is 46.1 Å². The lowest BCUT2D eigenvalue weighted by Crippen LogP contribution is -2.47. The number of hydrogen-bond acceptors (Lipinski definition) is 3. The predicted molar refractivity (Wildman–Crippen MR) is 65.0 cm³/mol. The normalized spacial score (nSPS) is 24.8. The van der Waals surface area contributed by atoms with Crippen LogP contribution in [0.5, 0.6) is 0 Å². The second-order valence-electron chi connectivity index (χ2n) is 4.92. The van der Waals surface area contributed by atoms with Crippen molar-refractivity contribution in [2.24, 2.45) is 11.3 Å². The van der Waals surface area contributed by atoms with E-state index in [4.69, 9.17) is 0 Å². The van der Waals surface area contributed by atoms with Crippen LogP contribution in [-0.4, -0.2) is 35.1 Å². The summed E-state index contributed by atoms with van der Waals surface area (Å²) in [5.41, 5.74) is -0.905. The van der Waals surface area contributed by atoms with Gasteiger partial charge in [0.25, 0.3) is 0 Å². The molecule has 1 heterocycles. The molecule has 0 aromatic rings. The molecule has 1 saturated heterocycles. The van der Waals surface area contributed by atoms with Gasteiger partial charge in [0, 0.05) is 6.54 Å². The Bertz CT molecular complexity index is 318. The Balaban J connectivity index is 2.93. The first-order chi connectivity index (χ1) is 8.06. The molecule has 4 heteroatoms. The molecule has 0 bridgehead atoms. The number of likely N-dealkylation sites (tertiary alicyclic amines) is 1. The van der Waals surface area contributed by atoms with Crippen LogP contribution in [0.1, 0.15) is 40.0 Å². The first kappa shape index (κ1) is 14.0. The van der Waals surface area contributed by atoms with E-state index in [0.717, 1.165) is 6.42 Å². The van der Waals surface area contributed by atoms with Crippen molar-refractivity contribution >= 4 is 5.91 Å². The van der Waals surface area contributed by atoms with Gasteiger partial charge in [0.15, 0.2) is 0 Å². The maximum Gasteiger partial charge on any atom is 0.243 e. The fraction of sp³-hybridized carbons (Fsp3) is 0.846. The molecule has 0 aromatic carbocycles. The van der Waals surface area contributed by atoms with E-state index < -0.39 is 5.41 Å². The molecule has 96 valence electrons. The Morgan fingerprint density at radius 2 is 2.12 bits per heavy atom. The van der Waals surface area contributed by atoms with Crippen LogP contribution in [-0.2, 0) is 4.79 Å². The largest absolute Gasteiger partial charge is 0.394 e. The minimum Gasteiger partial charge on any atom is -0.394 e. The van der Waals surface area contributed by atoms with Crippen molar-refractivity contribution in [3.8, 4) is 6.07 Å². The average Bonchev–Trinajstić information content (AvgIpc) is 2.73. The third-order valence-electron chi connectivity index (χ3n) is 4.16. The van der Waals surface area contributed by atoms with Crippen LogP contribution < -0.4 is 0 Å². The van der Waals surface area contributed by atoms with Gasteiger partial charge >= 0.3 is 0 Å². The molecule has 0 radical (unpaired) electrons. The smallest absolute Gasteiger partial charge is 0.243 e. The highest BCUT2D eigenvalue weighted by Crippen LogP contribution is 2.33. The van der Waals surface area contributed by atoms with E-state index in [1.165, 1.54) is 0 Å². The van der Waals surface area contributed by atoms with Gasteiger partial charge in [0.05, 0.1) is 18.7 Å². The molecule has 0 aliphatic carbocycles. The number of nitriles is 1. The fourth-order valence-electron chi connectivity index (χ4n) is 2.57. The van der Waals surface area contributed by atoms with Crippen LogP contribution in [0.2, 0.25) is 0 Å². The first-order valence-electron chi connectivity index (χ1n) is 6.39. The van der Waals surface area contributed by atoms with Gasteiger partial charge in [0.1, 0.15) is 5.41 Å². The summed E-state index contributed by atoms with van der Waals surface area (Å²) < 4.78 is 0. The van der Waals surface area contributed by atoms with E-state index in [2.05, 4.69) is 6.07 Å². The van der Waals surface area contributed by atoms with Gasteiger partial charge in [-0.2, -0.15) is 5.26 Å². The van der Waals surface area contributed by atoms with E-state index in [0.29, 0.717) is 25.3 Å². The lowest BCUT2D eigenvalue weighted by molar-refractivity contribution is -0.141. The maximum atomic E-state index is 12.5. The lowest BCUT2D eigenvalue weighted by atomic mass is 9.82. The summed E-state index contributed by atoms with van der Waals surface area (Å²) in [5, 5.41) is 18.6. The Hall–Kier alpha value is -1.08. The zero-order valence-electron chi connectivity index (χ0n) is 10.9. The van der Waals surface area contributed by atoms with Crippen molar-refractivity contribution in [2.75, 3.05) is 13.2 Å². The molecule has 2 unspecified atom stereocenters. The van der Waals surface area contributed by atoms with Gasteiger partial charge in [-0.3, -0.25) is 4.79 Å². The Morgan fingerprint density at radius 1 is 1.53 bits per heavy atom. The van der Waals surface area contributed by atoms with Gasteiger partial charge in [0.2, 0.25) is 5.91 Å². The second kappa shape index (κ2) is 5.50. The molecular formula is C13H22N2O2. The Labute approximate surface area is 103 Å². The monoisotopic (exact) mass is 238 g/mol. The number of hydrogen-bond donors (Lipinski definition) is 1. The zero-order chi connectivity index (χ0) is 13.1. The highest BCUT2D eigenvalue weighted by molar-refractivity contribution is 5.86. The number of amides is 1. The molecule has 1 rings (SSSR count). The molecular weight excluding hydrogens is 216 g/mol. The topological polar surface area (TPSA) is 64.3 Å². The molecule has 1 aliphatic rings. The average molecular weight is 238 g/mol. The minimum absolute atomic E-state index is 0.0121. The van der Waals surface area contributed by atoms with Crippen molar-refractivity contribution in [1.29, 1.82) is 5.26 Å². The van der Waals surface area contributed by atoms with Crippen LogP contribution in [0.3, 0.4) is 0 Å². The van der Waals surface area contributed by atoms with E-state index in [1.54, 1.807) is 4.90 Å². The molecule has 0 spiro atoms. The van der Waals surface area contributed by atoms with E-state index in [9.17, 15) is 15.2 Å². The minimum atomic E-state index is -0.905. The van der Waals surface area contributed by atoms with Gasteiger partial charge in [-0.15, -0.1) is 0 Å². The standard InChI is InChI=1S/C13H22N2O2/c1-4-13(5-2,9-14)12(17)15-7-6-10(3)11(15)8-16/h10-11,16H,4-8H2,1-3H3. The lowest BCUT2D eigenvalue weighted by Gasteiger charge is -2.32. The van der Waals surface area contributed by atoms with Crippen molar-refractivity contribution in [3.63, 3.8) is 0 Å². The maximum absolute atomic E-state index is 12.5. The first-order valence-corrected chi connectivity index (χ1v) is 6.39. The SMILES string of the molecule is CCC(C#N)(CC)C(=O)N1CCC(C)C1CO. The highest BCUT2D eigenvalue weighted by Gasteiger charge is 2.43. The van der Waals surface area contributed by atoms with Gasteiger partial charge < -0.3 is 10.0 Å². The van der Waals surface area contributed by atoms with Crippen LogP contribution in [0.15, 0.2) is 0 Å². The number of carbonyl (C=O) groups is 1. The zero-order valence-corrected chi connectivity index (χ0v) is 10.9. The van der Waals surface area contributed by atoms with E-state index >= 15 is 0 Å². The number of rotatable bonds is 4. The summed E-state index contributed by atoms with van der Waals surface area (Å²) in [6, 6.07) is 2.06. The van der Waals surface area contributed by atoms with E-state index in [-0.39, 0.29) is 18.6 Å². The third-order valence-corrected chi connectivity index (χ3v) is 4.16. The van der Waals surface area contributed by atoms with Crippen molar-refractivity contribution in [3.05, 3.63) is 0 Å². The molecule has 0 saturated carbocycles. The van der Waals surface area contributed by atoms with Crippen LogP contribution in [0.4, 0.5) is 0 Å². The van der Waals surface area contributed by atoms with Crippen LogP contribution in [0, 0.1) is 22.7 Å². The molecule has 1 amide bonds. The number of carbonyl (C=O) groups excluding carboxylic acids is 1. The van der Waals surface area contributed by atoms with E-state index in [1.807, 2.05) is 20.8 Å². The molecule has 17 heavy (non-hydrogen) atoms. The summed E-state index contributed by atoms with van der Waals surface area (Å²) in [5.74, 6) is 0.211. The fourth-order valence-corrected chi connectivity index (χ4v) is 2.57. The second-order valence-corrected chi connectivity index (χ2v) is 4.92. The molecule has 4 nitrogen and oxygen atoms in total. The number of aliphatic hydroxyl groups is 1. The van der Waals surface area contributed by atoms with Crippen LogP contribution in [0.25, 0.3) is 0 Å². The number of aliphatic hydroxyl groups excluding tert-OH is 1. The van der Waals surface area contributed by atoms with Gasteiger partial charge in [-0.05, 0) is 25.2 Å². The van der Waals surface area contributed by atoms with Gasteiger partial charge in [-0.1, -0.05) is 20.8 Å². The molecule has 1 fully saturated rings. The Kier molecular flexibility index (Phi) is 4.53. The quantitative estimate of drug-likeness (QED) is 0.808. The molecule has 1 N–H and O–H groups in total. The summed E-state index contributed by atoms with van der Waals surface area (Å²) >= 11 is 0. The van der Waals surface area contributed by atoms with Gasteiger partial charge in [-0.25, -0.2) is 0 Å². The summed E-state index contributed by atoms with van der Waals surface area (Å²) in [6.07, 6.45) is 1.97. The highest BCUT2D eigenvalue weighted by atomic mass is 16.3. The summed E-state index contributed by atoms with van der Waals surface area (Å²) in [6.45, 7) is 6.44.